The van der Waals surface area contributed by atoms with E-state index in [2.05, 4.69) is 10.5 Å². The highest BCUT2D eigenvalue weighted by Crippen LogP contribution is 2.26. The van der Waals surface area contributed by atoms with Gasteiger partial charge < -0.3 is 4.74 Å². The molecular weight excluding hydrogens is 431 g/mol. The molecule has 5 nitrogen and oxygen atoms in total. The van der Waals surface area contributed by atoms with E-state index >= 15 is 0 Å². The predicted octanol–water partition coefficient (Wildman–Crippen LogP) is 6.84. The minimum atomic E-state index is 0.116. The molecule has 7 heteroatoms. The van der Waals surface area contributed by atoms with Crippen LogP contribution in [-0.4, -0.2) is 22.3 Å². The Hall–Kier alpha value is -3.15. The van der Waals surface area contributed by atoms with E-state index in [-0.39, 0.29) is 6.10 Å². The number of ether oxygens (including phenoxy) is 1. The van der Waals surface area contributed by atoms with Gasteiger partial charge in [0.15, 0.2) is 11.6 Å². The van der Waals surface area contributed by atoms with Crippen LogP contribution in [0.2, 0.25) is 10.0 Å². The molecule has 0 amide bonds. The monoisotopic (exact) mass is 450 g/mol. The molecule has 0 fully saturated rings. The molecule has 3 aromatic carbocycles. The Labute approximate surface area is 190 Å². The summed E-state index contributed by atoms with van der Waals surface area (Å²) >= 11 is 12.2. The highest BCUT2D eigenvalue weighted by atomic mass is 35.5. The van der Waals surface area contributed by atoms with Gasteiger partial charge in [0, 0.05) is 21.5 Å². The molecule has 0 bridgehead atoms. The lowest BCUT2D eigenvalue weighted by Crippen LogP contribution is -2.05. The maximum absolute atomic E-state index is 6.22. The van der Waals surface area contributed by atoms with Gasteiger partial charge in [0.05, 0.1) is 22.9 Å². The van der Waals surface area contributed by atoms with Gasteiger partial charge in [-0.15, -0.1) is 0 Å². The van der Waals surface area contributed by atoms with E-state index in [1.165, 1.54) is 0 Å². The van der Waals surface area contributed by atoms with Crippen LogP contribution in [-0.2, 0) is 0 Å². The number of hydrogen-bond acceptors (Lipinski definition) is 5. The molecule has 0 saturated carbocycles. The Kier molecular flexibility index (Phi) is 6.35. The first kappa shape index (κ1) is 21.1. The van der Waals surface area contributed by atoms with Crippen LogP contribution in [0.3, 0.4) is 0 Å². The summed E-state index contributed by atoms with van der Waals surface area (Å²) in [5.41, 5.74) is 5.48. The molecule has 0 aliphatic carbocycles. The van der Waals surface area contributed by atoms with Crippen LogP contribution in [0.15, 0.2) is 71.8 Å². The molecule has 0 saturated heterocycles. The van der Waals surface area contributed by atoms with Gasteiger partial charge in [0.1, 0.15) is 5.75 Å². The van der Waals surface area contributed by atoms with Crippen LogP contribution < -0.4 is 10.2 Å². The van der Waals surface area contributed by atoms with Crippen molar-refractivity contribution in [1.29, 1.82) is 0 Å². The number of halogens is 2. The van der Waals surface area contributed by atoms with E-state index in [1.54, 1.807) is 24.4 Å². The van der Waals surface area contributed by atoms with Crippen LogP contribution in [0.5, 0.6) is 5.75 Å². The molecule has 1 aromatic heterocycles. The normalized spacial score (nSPS) is 11.4. The minimum absolute atomic E-state index is 0.116. The highest BCUT2D eigenvalue weighted by Gasteiger charge is 2.10. The second kappa shape index (κ2) is 9.33. The number of anilines is 1. The summed E-state index contributed by atoms with van der Waals surface area (Å²) in [7, 11) is 0. The molecule has 1 heterocycles. The number of nitrogens with one attached hydrogen (secondary N) is 1. The van der Waals surface area contributed by atoms with Crippen molar-refractivity contribution in [2.75, 3.05) is 5.43 Å². The summed E-state index contributed by atoms with van der Waals surface area (Å²) in [4.78, 5) is 9.41. The van der Waals surface area contributed by atoms with Gasteiger partial charge in [-0.1, -0.05) is 41.4 Å². The molecule has 1 N–H and O–H groups in total. The number of hydrogen-bond donors (Lipinski definition) is 1. The maximum Gasteiger partial charge on any atom is 0.162 e. The van der Waals surface area contributed by atoms with Crippen molar-refractivity contribution >= 4 is 46.1 Å². The summed E-state index contributed by atoms with van der Waals surface area (Å²) in [5, 5.41) is 6.29. The van der Waals surface area contributed by atoms with E-state index in [1.807, 2.05) is 62.4 Å². The lowest BCUT2D eigenvalue weighted by molar-refractivity contribution is 0.242. The topological polar surface area (TPSA) is 59.4 Å². The van der Waals surface area contributed by atoms with E-state index < -0.39 is 0 Å². The second-order valence-electron chi connectivity index (χ2n) is 7.14. The summed E-state index contributed by atoms with van der Waals surface area (Å²) in [6.45, 7) is 3.99. The fourth-order valence-electron chi connectivity index (χ4n) is 3.01. The van der Waals surface area contributed by atoms with Gasteiger partial charge in [0.25, 0.3) is 0 Å². The van der Waals surface area contributed by atoms with Crippen LogP contribution in [0.25, 0.3) is 22.3 Å². The van der Waals surface area contributed by atoms with Crippen molar-refractivity contribution in [1.82, 2.24) is 9.97 Å². The fourth-order valence-corrected chi connectivity index (χ4v) is 3.47. The van der Waals surface area contributed by atoms with Crippen molar-refractivity contribution in [3.05, 3.63) is 82.3 Å². The number of nitrogens with zero attached hydrogens (tertiary/aromatic N) is 3. The average molecular weight is 451 g/mol. The number of aromatic nitrogens is 2. The molecule has 0 radical (unpaired) electrons. The summed E-state index contributed by atoms with van der Waals surface area (Å²) < 4.78 is 5.72. The first-order valence-electron chi connectivity index (χ1n) is 9.77. The minimum Gasteiger partial charge on any atom is -0.491 e. The van der Waals surface area contributed by atoms with Gasteiger partial charge in [-0.05, 0) is 62.4 Å². The third-order valence-corrected chi connectivity index (χ3v) is 4.99. The number of para-hydroxylation sites is 1. The van der Waals surface area contributed by atoms with E-state index in [0.29, 0.717) is 21.7 Å². The van der Waals surface area contributed by atoms with Gasteiger partial charge in [0.2, 0.25) is 0 Å². The number of fused-ring (bicyclic) bond motifs is 1. The average Bonchev–Trinajstić information content (AvgIpc) is 2.75. The molecule has 156 valence electrons. The molecule has 4 rings (SSSR count). The molecule has 0 atom stereocenters. The van der Waals surface area contributed by atoms with Crippen LogP contribution in [0.4, 0.5) is 5.82 Å². The molecule has 31 heavy (non-hydrogen) atoms. The van der Waals surface area contributed by atoms with Crippen molar-refractivity contribution in [3.63, 3.8) is 0 Å². The van der Waals surface area contributed by atoms with Gasteiger partial charge >= 0.3 is 0 Å². The molecule has 0 aliphatic heterocycles. The molecule has 4 aromatic rings. The Morgan fingerprint density at radius 3 is 2.48 bits per heavy atom. The zero-order chi connectivity index (χ0) is 21.8. The van der Waals surface area contributed by atoms with E-state index in [0.717, 1.165) is 27.8 Å². The summed E-state index contributed by atoms with van der Waals surface area (Å²) in [6, 6.07) is 20.8. The zero-order valence-corrected chi connectivity index (χ0v) is 18.5. The summed E-state index contributed by atoms with van der Waals surface area (Å²) in [6.07, 6.45) is 1.75. The Morgan fingerprint density at radius 1 is 0.968 bits per heavy atom. The van der Waals surface area contributed by atoms with Gasteiger partial charge in [-0.3, -0.25) is 5.43 Å². The zero-order valence-electron chi connectivity index (χ0n) is 17.0. The van der Waals surface area contributed by atoms with Gasteiger partial charge in [-0.25, -0.2) is 9.97 Å². The highest BCUT2D eigenvalue weighted by molar-refractivity contribution is 6.36. The standard InChI is InChI=1S/C24H20Cl2N4O/c1-15(2)31-19-11-8-16(9-12-19)23-28-22-6-4-3-5-20(22)24(29-23)30-27-14-17-7-10-18(25)13-21(17)26/h3-15H,1-2H3,(H,28,29,30). The third kappa shape index (κ3) is 5.13. The number of rotatable bonds is 6. The maximum atomic E-state index is 6.22. The molecular formula is C24H20Cl2N4O. The lowest BCUT2D eigenvalue weighted by atomic mass is 10.1. The third-order valence-electron chi connectivity index (χ3n) is 4.42. The van der Waals surface area contributed by atoms with Crippen molar-refractivity contribution < 1.29 is 4.74 Å². The Morgan fingerprint density at radius 2 is 1.74 bits per heavy atom. The first-order valence-corrected chi connectivity index (χ1v) is 10.5. The first-order chi connectivity index (χ1) is 15.0. The van der Waals surface area contributed by atoms with Gasteiger partial charge in [-0.2, -0.15) is 5.10 Å². The molecule has 0 aliphatic rings. The summed E-state index contributed by atoms with van der Waals surface area (Å²) in [5.74, 6) is 2.00. The van der Waals surface area contributed by atoms with E-state index in [9.17, 15) is 0 Å². The Bertz CT molecular complexity index is 1240. The SMILES string of the molecule is CC(C)Oc1ccc(-c2nc(NN=Cc3ccc(Cl)cc3Cl)c3ccccc3n2)cc1. The van der Waals surface area contributed by atoms with E-state index in [4.69, 9.17) is 37.9 Å². The van der Waals surface area contributed by atoms with Crippen LogP contribution in [0, 0.1) is 0 Å². The van der Waals surface area contributed by atoms with Crippen molar-refractivity contribution in [2.45, 2.75) is 20.0 Å². The fraction of sp³-hybridized carbons (Fsp3) is 0.125. The smallest absolute Gasteiger partial charge is 0.162 e. The van der Waals surface area contributed by atoms with Crippen molar-refractivity contribution in [2.24, 2.45) is 5.10 Å². The quantitative estimate of drug-likeness (QED) is 0.258. The largest absolute Gasteiger partial charge is 0.491 e. The van der Waals surface area contributed by atoms with Crippen molar-refractivity contribution in [3.8, 4) is 17.1 Å². The lowest BCUT2D eigenvalue weighted by Gasteiger charge is -2.11. The number of benzene rings is 3. The Balaban J connectivity index is 1.65. The van der Waals surface area contributed by atoms with Crippen LogP contribution >= 0.6 is 23.2 Å². The number of hydrazone groups is 1. The second-order valence-corrected chi connectivity index (χ2v) is 7.98. The molecule has 0 spiro atoms. The van der Waals surface area contributed by atoms with Crippen LogP contribution in [0.1, 0.15) is 19.4 Å². The molecule has 0 unspecified atom stereocenters. The predicted molar refractivity (Wildman–Crippen MR) is 128 cm³/mol.